The standard InChI is InChI=1S/C11H11F2NO3/c1-5-3-4-7(12)8(9(5)13)10(15)14-6(2)11(16)17/h3-4,6H,1-2H3,(H,14,15)(H,16,17). The van der Waals surface area contributed by atoms with E-state index in [4.69, 9.17) is 5.11 Å². The Morgan fingerprint density at radius 3 is 2.47 bits per heavy atom. The van der Waals surface area contributed by atoms with Crippen LogP contribution in [0.15, 0.2) is 12.1 Å². The molecule has 92 valence electrons. The fraction of sp³-hybridized carbons (Fsp3) is 0.273. The van der Waals surface area contributed by atoms with Crippen LogP contribution < -0.4 is 5.32 Å². The number of hydrogen-bond acceptors (Lipinski definition) is 2. The average molecular weight is 243 g/mol. The molecule has 0 aliphatic heterocycles. The molecule has 17 heavy (non-hydrogen) atoms. The molecular weight excluding hydrogens is 232 g/mol. The van der Waals surface area contributed by atoms with E-state index in [0.29, 0.717) is 0 Å². The predicted molar refractivity (Wildman–Crippen MR) is 55.7 cm³/mol. The van der Waals surface area contributed by atoms with Crippen LogP contribution in [0.3, 0.4) is 0 Å². The zero-order chi connectivity index (χ0) is 13.2. The maximum absolute atomic E-state index is 13.5. The second-order valence-corrected chi connectivity index (χ2v) is 3.59. The highest BCUT2D eigenvalue weighted by Gasteiger charge is 2.22. The second kappa shape index (κ2) is 4.90. The summed E-state index contributed by atoms with van der Waals surface area (Å²) in [6, 6.07) is 0.933. The van der Waals surface area contributed by atoms with Gasteiger partial charge in [-0.05, 0) is 25.5 Å². The van der Waals surface area contributed by atoms with Crippen molar-refractivity contribution in [2.24, 2.45) is 0 Å². The molecule has 0 bridgehead atoms. The van der Waals surface area contributed by atoms with Crippen LogP contribution >= 0.6 is 0 Å². The Morgan fingerprint density at radius 2 is 1.94 bits per heavy atom. The van der Waals surface area contributed by atoms with Gasteiger partial charge >= 0.3 is 5.97 Å². The zero-order valence-electron chi connectivity index (χ0n) is 9.25. The molecular formula is C11H11F2NO3. The summed E-state index contributed by atoms with van der Waals surface area (Å²) >= 11 is 0. The molecule has 4 nitrogen and oxygen atoms in total. The molecule has 0 saturated heterocycles. The van der Waals surface area contributed by atoms with Crippen LogP contribution in [0.4, 0.5) is 8.78 Å². The van der Waals surface area contributed by atoms with Crippen molar-refractivity contribution in [3.05, 3.63) is 34.9 Å². The van der Waals surface area contributed by atoms with Crippen molar-refractivity contribution >= 4 is 11.9 Å². The summed E-state index contributed by atoms with van der Waals surface area (Å²) in [5.41, 5.74) is -0.655. The third kappa shape index (κ3) is 2.77. The summed E-state index contributed by atoms with van der Waals surface area (Å²) < 4.78 is 26.8. The molecule has 1 rings (SSSR count). The monoisotopic (exact) mass is 243 g/mol. The van der Waals surface area contributed by atoms with Gasteiger partial charge in [-0.15, -0.1) is 0 Å². The number of carboxylic acids is 1. The molecule has 0 aliphatic rings. The van der Waals surface area contributed by atoms with Gasteiger partial charge < -0.3 is 10.4 Å². The number of hydrogen-bond donors (Lipinski definition) is 2. The first-order valence-corrected chi connectivity index (χ1v) is 4.83. The van der Waals surface area contributed by atoms with E-state index in [1.807, 2.05) is 5.32 Å². The van der Waals surface area contributed by atoms with E-state index in [1.54, 1.807) is 0 Å². The van der Waals surface area contributed by atoms with E-state index in [9.17, 15) is 18.4 Å². The molecule has 0 radical (unpaired) electrons. The lowest BCUT2D eigenvalue weighted by atomic mass is 10.1. The fourth-order valence-corrected chi connectivity index (χ4v) is 1.20. The third-order valence-corrected chi connectivity index (χ3v) is 2.23. The molecule has 0 heterocycles. The summed E-state index contributed by atoms with van der Waals surface area (Å²) in [5, 5.41) is 10.6. The number of aryl methyl sites for hydroxylation is 1. The number of nitrogens with one attached hydrogen (secondary N) is 1. The molecule has 0 saturated carbocycles. The lowest BCUT2D eigenvalue weighted by Crippen LogP contribution is -2.39. The summed E-state index contributed by atoms with van der Waals surface area (Å²) in [6.45, 7) is 2.58. The number of rotatable bonds is 3. The SMILES string of the molecule is Cc1ccc(F)c(C(=O)NC(C)C(=O)O)c1F. The zero-order valence-corrected chi connectivity index (χ0v) is 9.25. The molecule has 1 unspecified atom stereocenters. The van der Waals surface area contributed by atoms with Gasteiger partial charge in [-0.1, -0.05) is 6.07 Å². The minimum atomic E-state index is -1.29. The summed E-state index contributed by atoms with van der Waals surface area (Å²) in [6.07, 6.45) is 0. The molecule has 0 spiro atoms. The van der Waals surface area contributed by atoms with Gasteiger partial charge in [0.15, 0.2) is 0 Å². The maximum Gasteiger partial charge on any atom is 0.325 e. The summed E-state index contributed by atoms with van der Waals surface area (Å²) in [4.78, 5) is 22.0. The number of carbonyl (C=O) groups excluding carboxylic acids is 1. The number of halogens is 2. The number of carbonyl (C=O) groups is 2. The first-order chi connectivity index (χ1) is 7.84. The number of carboxylic acid groups (broad SMARTS) is 1. The van der Waals surface area contributed by atoms with E-state index >= 15 is 0 Å². The number of aliphatic carboxylic acids is 1. The first kappa shape index (κ1) is 13.1. The van der Waals surface area contributed by atoms with Crippen molar-refractivity contribution in [2.75, 3.05) is 0 Å². The number of amides is 1. The van der Waals surface area contributed by atoms with Crippen LogP contribution in [0, 0.1) is 18.6 Å². The first-order valence-electron chi connectivity index (χ1n) is 4.83. The van der Waals surface area contributed by atoms with Crippen molar-refractivity contribution in [3.63, 3.8) is 0 Å². The highest BCUT2D eigenvalue weighted by molar-refractivity contribution is 5.97. The Hall–Kier alpha value is -1.98. The third-order valence-electron chi connectivity index (χ3n) is 2.23. The Labute approximate surface area is 96.3 Å². The molecule has 0 aromatic heterocycles. The van der Waals surface area contributed by atoms with Gasteiger partial charge in [0.05, 0.1) is 0 Å². The lowest BCUT2D eigenvalue weighted by molar-refractivity contribution is -0.138. The van der Waals surface area contributed by atoms with Gasteiger partial charge in [0.2, 0.25) is 0 Å². The fourth-order valence-electron chi connectivity index (χ4n) is 1.20. The van der Waals surface area contributed by atoms with Gasteiger partial charge in [-0.3, -0.25) is 9.59 Å². The largest absolute Gasteiger partial charge is 0.480 e. The second-order valence-electron chi connectivity index (χ2n) is 3.59. The van der Waals surface area contributed by atoms with E-state index in [0.717, 1.165) is 6.07 Å². The minimum absolute atomic E-state index is 0.111. The van der Waals surface area contributed by atoms with Gasteiger partial charge in [0.1, 0.15) is 23.2 Å². The van der Waals surface area contributed by atoms with Gasteiger partial charge in [-0.2, -0.15) is 0 Å². The van der Waals surface area contributed by atoms with Crippen LogP contribution in [0.1, 0.15) is 22.8 Å². The molecule has 1 amide bonds. The van der Waals surface area contributed by atoms with Crippen LogP contribution in [-0.4, -0.2) is 23.0 Å². The molecule has 0 fully saturated rings. The lowest BCUT2D eigenvalue weighted by Gasteiger charge is -2.11. The highest BCUT2D eigenvalue weighted by Crippen LogP contribution is 2.16. The molecule has 6 heteroatoms. The van der Waals surface area contributed by atoms with Gasteiger partial charge in [-0.25, -0.2) is 8.78 Å². The van der Waals surface area contributed by atoms with E-state index in [2.05, 4.69) is 0 Å². The highest BCUT2D eigenvalue weighted by atomic mass is 19.1. The molecule has 1 aromatic rings. The van der Waals surface area contributed by atoms with Crippen molar-refractivity contribution in [1.82, 2.24) is 5.32 Å². The van der Waals surface area contributed by atoms with Crippen LogP contribution in [0.2, 0.25) is 0 Å². The van der Waals surface area contributed by atoms with Crippen molar-refractivity contribution in [1.29, 1.82) is 0 Å². The van der Waals surface area contributed by atoms with Gasteiger partial charge in [0.25, 0.3) is 5.91 Å². The molecule has 0 aliphatic carbocycles. The van der Waals surface area contributed by atoms with Crippen molar-refractivity contribution in [2.45, 2.75) is 19.9 Å². The van der Waals surface area contributed by atoms with Gasteiger partial charge in [0, 0.05) is 0 Å². The quantitative estimate of drug-likeness (QED) is 0.844. The Bertz CT molecular complexity index is 474. The molecule has 1 aromatic carbocycles. The maximum atomic E-state index is 13.5. The number of benzene rings is 1. The normalized spacial score (nSPS) is 12.0. The van der Waals surface area contributed by atoms with E-state index in [-0.39, 0.29) is 5.56 Å². The summed E-state index contributed by atoms with van der Waals surface area (Å²) in [7, 11) is 0. The summed E-state index contributed by atoms with van der Waals surface area (Å²) in [5.74, 6) is -4.38. The average Bonchev–Trinajstić information content (AvgIpc) is 2.24. The van der Waals surface area contributed by atoms with E-state index in [1.165, 1.54) is 19.9 Å². The minimum Gasteiger partial charge on any atom is -0.480 e. The Morgan fingerprint density at radius 1 is 1.35 bits per heavy atom. The van der Waals surface area contributed by atoms with Crippen LogP contribution in [-0.2, 0) is 4.79 Å². The predicted octanol–water partition coefficient (Wildman–Crippen LogP) is 1.48. The van der Waals surface area contributed by atoms with Crippen molar-refractivity contribution < 1.29 is 23.5 Å². The van der Waals surface area contributed by atoms with Crippen molar-refractivity contribution in [3.8, 4) is 0 Å². The topological polar surface area (TPSA) is 66.4 Å². The molecule has 1 atom stereocenters. The van der Waals surface area contributed by atoms with Crippen LogP contribution in [0.25, 0.3) is 0 Å². The Balaban J connectivity index is 3.05. The smallest absolute Gasteiger partial charge is 0.325 e. The van der Waals surface area contributed by atoms with E-state index < -0.39 is 35.1 Å². The molecule has 2 N–H and O–H groups in total. The van der Waals surface area contributed by atoms with Crippen LogP contribution in [0.5, 0.6) is 0 Å². The Kier molecular flexibility index (Phi) is 3.77.